The number of aromatic amines is 1. The summed E-state index contributed by atoms with van der Waals surface area (Å²) in [5.74, 6) is -0.0647. The van der Waals surface area contributed by atoms with Crippen LogP contribution in [0.5, 0.6) is 0 Å². The summed E-state index contributed by atoms with van der Waals surface area (Å²) in [6.07, 6.45) is -4.00. The Morgan fingerprint density at radius 1 is 1.16 bits per heavy atom. The summed E-state index contributed by atoms with van der Waals surface area (Å²) in [7, 11) is 0. The van der Waals surface area contributed by atoms with Crippen LogP contribution in [0.1, 0.15) is 17.8 Å². The molecule has 0 saturated carbocycles. The summed E-state index contributed by atoms with van der Waals surface area (Å²) in [5.41, 5.74) is 9.13. The van der Waals surface area contributed by atoms with E-state index in [9.17, 15) is 18.0 Å². The van der Waals surface area contributed by atoms with Crippen molar-refractivity contribution >= 4 is 11.6 Å². The highest BCUT2D eigenvalue weighted by molar-refractivity contribution is 5.88. The molecule has 0 aliphatic heterocycles. The molecule has 8 nitrogen and oxygen atoms in total. The van der Waals surface area contributed by atoms with Crippen LogP contribution in [0.3, 0.4) is 0 Å². The number of hydrogen-bond acceptors (Lipinski definition) is 5. The van der Waals surface area contributed by atoms with Crippen molar-refractivity contribution in [3.63, 3.8) is 0 Å². The lowest BCUT2D eigenvalue weighted by molar-refractivity contribution is -0.351. The van der Waals surface area contributed by atoms with Crippen LogP contribution in [0.4, 0.5) is 19.1 Å². The monoisotopic (exact) mass is 430 g/mol. The van der Waals surface area contributed by atoms with Gasteiger partial charge in [-0.05, 0) is 43.7 Å². The van der Waals surface area contributed by atoms with Gasteiger partial charge in [-0.1, -0.05) is 6.07 Å². The second kappa shape index (κ2) is 7.49. The minimum Gasteiger partial charge on any atom is -0.290 e. The molecule has 0 atom stereocenters. The molecule has 0 radical (unpaired) electrons. The van der Waals surface area contributed by atoms with Gasteiger partial charge in [0.2, 0.25) is 5.65 Å². The fourth-order valence-electron chi connectivity index (χ4n) is 3.48. The lowest BCUT2D eigenvalue weighted by atomic mass is 10.0. The van der Waals surface area contributed by atoms with Crippen LogP contribution in [0.15, 0.2) is 41.3 Å². The molecule has 160 valence electrons. The van der Waals surface area contributed by atoms with Crippen molar-refractivity contribution in [2.24, 2.45) is 0 Å². The zero-order valence-electron chi connectivity index (χ0n) is 16.7. The number of rotatable bonds is 4. The number of aromatic nitrogens is 6. The lowest BCUT2D eigenvalue weighted by Crippen LogP contribution is -2.28. The Hall–Kier alpha value is -3.76. The molecular formula is C20H19F3N7O+. The second-order valence-corrected chi connectivity index (χ2v) is 7.14. The molecule has 11 heteroatoms. The number of halogens is 3. The maximum absolute atomic E-state index is 12.8. The normalized spacial score (nSPS) is 11.9. The topological polar surface area (TPSA) is 105 Å². The van der Waals surface area contributed by atoms with Gasteiger partial charge in [-0.25, -0.2) is 9.78 Å². The number of fused-ring (bicyclic) bond motifs is 1. The minimum atomic E-state index is -4.42. The van der Waals surface area contributed by atoms with Gasteiger partial charge in [-0.15, -0.1) is 9.50 Å². The van der Waals surface area contributed by atoms with Crippen molar-refractivity contribution in [3.8, 4) is 22.5 Å². The van der Waals surface area contributed by atoms with Crippen LogP contribution < -0.4 is 16.4 Å². The molecule has 4 aromatic heterocycles. The first kappa shape index (κ1) is 20.5. The zero-order chi connectivity index (χ0) is 22.3. The predicted octanol–water partition coefficient (Wildman–Crippen LogP) is 2.59. The maximum atomic E-state index is 12.8. The van der Waals surface area contributed by atoms with E-state index in [2.05, 4.69) is 20.1 Å². The van der Waals surface area contributed by atoms with Gasteiger partial charge in [-0.2, -0.15) is 17.9 Å². The Kier molecular flexibility index (Phi) is 4.96. The van der Waals surface area contributed by atoms with E-state index in [1.165, 1.54) is 0 Å². The fraction of sp³-hybridized carbons (Fsp3) is 0.250. The molecule has 0 saturated heterocycles. The van der Waals surface area contributed by atoms with Crippen LogP contribution in [0.25, 0.3) is 28.2 Å². The molecule has 0 aliphatic carbocycles. The van der Waals surface area contributed by atoms with Crippen LogP contribution >= 0.6 is 0 Å². The highest BCUT2D eigenvalue weighted by atomic mass is 19.4. The van der Waals surface area contributed by atoms with E-state index >= 15 is 0 Å². The number of aryl methyl sites for hydroxylation is 3. The van der Waals surface area contributed by atoms with Gasteiger partial charge >= 0.3 is 17.8 Å². The Bertz CT molecular complexity index is 1310. The predicted molar refractivity (Wildman–Crippen MR) is 107 cm³/mol. The van der Waals surface area contributed by atoms with E-state index < -0.39 is 24.8 Å². The van der Waals surface area contributed by atoms with Crippen LogP contribution in [0, 0.1) is 13.8 Å². The number of alkyl halides is 3. The van der Waals surface area contributed by atoms with Crippen molar-refractivity contribution in [2.45, 2.75) is 33.0 Å². The first-order valence-corrected chi connectivity index (χ1v) is 9.42. The molecule has 0 bridgehead atoms. The number of nitrogens with two attached hydrogens (primary N) is 1. The fourth-order valence-corrected chi connectivity index (χ4v) is 3.48. The standard InChI is InChI=1S/C20H18F3N7O/c1-11-9-13(10-12(2)26-11)15-16(14-5-3-4-7-25-14)27-18(24)30-17(15)28-29(19(30)31)8-6-20(21,22)23/h3-5,7,9-10H,6,8H2,1-2H3,(H2,24,27)/p+1. The van der Waals surface area contributed by atoms with E-state index in [1.807, 2.05) is 13.8 Å². The van der Waals surface area contributed by atoms with E-state index in [-0.39, 0.29) is 11.6 Å². The molecule has 0 aliphatic rings. The summed E-state index contributed by atoms with van der Waals surface area (Å²) in [4.78, 5) is 24.5. The summed E-state index contributed by atoms with van der Waals surface area (Å²) in [6.45, 7) is 3.03. The molecule has 4 rings (SSSR count). The average molecular weight is 430 g/mol. The number of H-pyrrole nitrogens is 1. The third kappa shape index (κ3) is 3.98. The molecule has 0 spiro atoms. The van der Waals surface area contributed by atoms with E-state index in [1.54, 1.807) is 36.5 Å². The number of nitrogens with one attached hydrogen (secondary N) is 1. The van der Waals surface area contributed by atoms with Gasteiger partial charge in [-0.3, -0.25) is 15.7 Å². The van der Waals surface area contributed by atoms with Gasteiger partial charge in [0.05, 0.1) is 18.5 Å². The summed E-state index contributed by atoms with van der Waals surface area (Å²) >= 11 is 0. The third-order valence-electron chi connectivity index (χ3n) is 4.71. The second-order valence-electron chi connectivity index (χ2n) is 7.14. The van der Waals surface area contributed by atoms with Gasteiger partial charge in [0.25, 0.3) is 0 Å². The quantitative estimate of drug-likeness (QED) is 0.536. The Morgan fingerprint density at radius 3 is 2.48 bits per heavy atom. The molecule has 31 heavy (non-hydrogen) atoms. The maximum Gasteiger partial charge on any atom is 0.411 e. The highest BCUT2D eigenvalue weighted by Crippen LogP contribution is 2.32. The van der Waals surface area contributed by atoms with Gasteiger partial charge in [0, 0.05) is 17.6 Å². The van der Waals surface area contributed by atoms with Gasteiger partial charge in [0.15, 0.2) is 0 Å². The van der Waals surface area contributed by atoms with Crippen molar-refractivity contribution < 1.29 is 18.2 Å². The summed E-state index contributed by atoms with van der Waals surface area (Å²) in [5, 5.41) is 4.22. The van der Waals surface area contributed by atoms with Crippen molar-refractivity contribution in [1.82, 2.24) is 24.1 Å². The lowest BCUT2D eigenvalue weighted by Gasteiger charge is -2.09. The molecule has 0 unspecified atom stereocenters. The molecule has 4 aromatic rings. The minimum absolute atomic E-state index is 0.0647. The average Bonchev–Trinajstić information content (AvgIpc) is 3.02. The van der Waals surface area contributed by atoms with Gasteiger partial charge < -0.3 is 0 Å². The van der Waals surface area contributed by atoms with Crippen LogP contribution in [-0.4, -0.2) is 30.3 Å². The van der Waals surface area contributed by atoms with Gasteiger partial charge in [0.1, 0.15) is 11.4 Å². The van der Waals surface area contributed by atoms with Crippen LogP contribution in [0.2, 0.25) is 0 Å². The smallest absolute Gasteiger partial charge is 0.290 e. The molecule has 0 fully saturated rings. The number of nitrogens with zero attached hydrogens (tertiary/aromatic N) is 5. The largest absolute Gasteiger partial charge is 0.411 e. The van der Waals surface area contributed by atoms with Crippen LogP contribution in [-0.2, 0) is 6.54 Å². The van der Waals surface area contributed by atoms with E-state index in [4.69, 9.17) is 5.73 Å². The Morgan fingerprint density at radius 2 is 1.87 bits per heavy atom. The molecule has 4 heterocycles. The number of pyridine rings is 2. The molecule has 0 aromatic carbocycles. The van der Waals surface area contributed by atoms with Crippen molar-refractivity contribution in [2.75, 3.05) is 5.73 Å². The summed E-state index contributed by atoms with van der Waals surface area (Å²) < 4.78 is 40.0. The first-order chi connectivity index (χ1) is 14.6. The third-order valence-corrected chi connectivity index (χ3v) is 4.71. The molecule has 0 amide bonds. The summed E-state index contributed by atoms with van der Waals surface area (Å²) in [6, 6.07) is 8.90. The number of anilines is 1. The molecular weight excluding hydrogens is 411 g/mol. The number of nitrogen functional groups attached to an aromatic ring is 1. The first-order valence-electron chi connectivity index (χ1n) is 9.42. The SMILES string of the molecule is Cc1cc(-c2c(-c3ccccn3)[nH+]c(N)n3c(=O)n(CCC(F)(F)F)nc23)cc(C)n1. The van der Waals surface area contributed by atoms with E-state index in [0.717, 1.165) is 20.5 Å². The zero-order valence-corrected chi connectivity index (χ0v) is 16.7. The number of hydrogen-bond donors (Lipinski definition) is 1. The Balaban J connectivity index is 2.05. The highest BCUT2D eigenvalue weighted by Gasteiger charge is 2.30. The van der Waals surface area contributed by atoms with Crippen molar-refractivity contribution in [1.29, 1.82) is 0 Å². The van der Waals surface area contributed by atoms with E-state index in [0.29, 0.717) is 22.5 Å². The Labute approximate surface area is 174 Å². The van der Waals surface area contributed by atoms with Crippen molar-refractivity contribution in [3.05, 3.63) is 58.4 Å². The molecule has 3 N–H and O–H groups in total.